The van der Waals surface area contributed by atoms with E-state index in [4.69, 9.17) is 0 Å². The van der Waals surface area contributed by atoms with Gasteiger partial charge in [0.15, 0.2) is 0 Å². The van der Waals surface area contributed by atoms with Gasteiger partial charge in [0.05, 0.1) is 36.1 Å². The largest absolute Gasteiger partial charge is 0.412 e. The lowest BCUT2D eigenvalue weighted by Crippen LogP contribution is -2.02. The second kappa shape index (κ2) is 8.90. The van der Waals surface area contributed by atoms with Crippen LogP contribution in [0.5, 0.6) is 0 Å². The number of fused-ring (bicyclic) bond motifs is 2. The van der Waals surface area contributed by atoms with Crippen molar-refractivity contribution < 1.29 is 5.48 Å². The van der Waals surface area contributed by atoms with E-state index in [0.717, 1.165) is 43.3 Å². The molecule has 0 aliphatic carbocycles. The van der Waals surface area contributed by atoms with Gasteiger partial charge in [-0.1, -0.05) is 0 Å². The zero-order valence-electron chi connectivity index (χ0n) is 17.4. The van der Waals surface area contributed by atoms with Crippen molar-refractivity contribution in [2.45, 2.75) is 13.8 Å². The molecule has 0 unspecified atom stereocenters. The predicted molar refractivity (Wildman–Crippen MR) is 129 cm³/mol. The van der Waals surface area contributed by atoms with Gasteiger partial charge in [-0.05, 0) is 26.0 Å². The van der Waals surface area contributed by atoms with Crippen LogP contribution in [0.4, 0.5) is 0 Å². The number of aromatic nitrogens is 8. The molecule has 0 saturated heterocycles. The van der Waals surface area contributed by atoms with Crippen LogP contribution in [0.3, 0.4) is 0 Å². The Hall–Kier alpha value is -3.94. The quantitative estimate of drug-likeness (QED) is 0.294. The standard InChI is InChI=1S/2C10H8N4OS.H2O/c2*1-5-6(3-13-14-5)8-2-7-9(16-8)10(15)12-4-11-7;/h2*2-4H,1H3,(H,13,14)(H,11,12,15);1H2. The maximum atomic E-state index is 11.5. The van der Waals surface area contributed by atoms with Gasteiger partial charge in [-0.3, -0.25) is 19.8 Å². The Morgan fingerprint density at radius 3 is 1.48 bits per heavy atom. The molecule has 6 heterocycles. The maximum Gasteiger partial charge on any atom is 0.268 e. The molecule has 0 aliphatic heterocycles. The molecule has 0 bridgehead atoms. The van der Waals surface area contributed by atoms with E-state index in [2.05, 4.69) is 40.3 Å². The number of thiophene rings is 2. The minimum atomic E-state index is -0.0950. The van der Waals surface area contributed by atoms with Crippen LogP contribution in [0.1, 0.15) is 11.4 Å². The normalized spacial score (nSPS) is 10.7. The molecule has 11 nitrogen and oxygen atoms in total. The summed E-state index contributed by atoms with van der Waals surface area (Å²) in [5.74, 6) is 0. The predicted octanol–water partition coefficient (Wildman–Crippen LogP) is 2.54. The smallest absolute Gasteiger partial charge is 0.268 e. The van der Waals surface area contributed by atoms with E-state index in [1.54, 1.807) is 12.4 Å². The fraction of sp³-hybridized carbons (Fsp3) is 0.100. The van der Waals surface area contributed by atoms with Crippen molar-refractivity contribution >= 4 is 43.1 Å². The molecule has 6 aromatic rings. The number of hydrogen-bond donors (Lipinski definition) is 4. The number of H-pyrrole nitrogens is 4. The molecule has 0 fully saturated rings. The molecule has 0 spiro atoms. The molecule has 0 radical (unpaired) electrons. The Kier molecular flexibility index (Phi) is 6.00. The third-order valence-electron chi connectivity index (χ3n) is 4.83. The summed E-state index contributed by atoms with van der Waals surface area (Å²) in [4.78, 5) is 38.5. The van der Waals surface area contributed by atoms with Gasteiger partial charge in [0, 0.05) is 32.3 Å². The Bertz CT molecular complexity index is 1550. The SMILES string of the molecule is Cc1[nH]ncc1-c1cc2nc[nH]c(=O)c2s1.Cc1[nH]ncc1-c1cc2nc[nH]c(=O)c2s1.O. The van der Waals surface area contributed by atoms with E-state index in [1.165, 1.54) is 35.3 Å². The maximum absolute atomic E-state index is 11.5. The third kappa shape index (κ3) is 4.11. The highest BCUT2D eigenvalue weighted by Gasteiger charge is 2.11. The highest BCUT2D eigenvalue weighted by Crippen LogP contribution is 2.32. The van der Waals surface area contributed by atoms with Crippen molar-refractivity contribution in [3.05, 3.63) is 69.3 Å². The fourth-order valence-electron chi connectivity index (χ4n) is 3.20. The number of aryl methyl sites for hydroxylation is 2. The highest BCUT2D eigenvalue weighted by molar-refractivity contribution is 7.22. The molecule has 6 rings (SSSR count). The van der Waals surface area contributed by atoms with Crippen LogP contribution < -0.4 is 11.1 Å². The number of hydrogen-bond acceptors (Lipinski definition) is 8. The van der Waals surface area contributed by atoms with Crippen LogP contribution in [0.2, 0.25) is 0 Å². The average molecular weight is 483 g/mol. The van der Waals surface area contributed by atoms with E-state index in [0.29, 0.717) is 9.40 Å². The summed E-state index contributed by atoms with van der Waals surface area (Å²) in [5, 5.41) is 13.7. The molecule has 0 amide bonds. The van der Waals surface area contributed by atoms with Crippen molar-refractivity contribution in [3.63, 3.8) is 0 Å². The van der Waals surface area contributed by atoms with E-state index >= 15 is 0 Å². The van der Waals surface area contributed by atoms with E-state index in [1.807, 2.05) is 26.0 Å². The molecule has 0 atom stereocenters. The monoisotopic (exact) mass is 482 g/mol. The van der Waals surface area contributed by atoms with Gasteiger partial charge in [0.2, 0.25) is 0 Å². The Balaban J connectivity index is 0.000000152. The van der Waals surface area contributed by atoms with Gasteiger partial charge in [-0.25, -0.2) is 9.97 Å². The topological polar surface area (TPSA) is 180 Å². The second-order valence-electron chi connectivity index (χ2n) is 6.93. The van der Waals surface area contributed by atoms with E-state index in [9.17, 15) is 9.59 Å². The molecule has 168 valence electrons. The third-order valence-corrected chi connectivity index (χ3v) is 7.14. The minimum Gasteiger partial charge on any atom is -0.412 e. The van der Waals surface area contributed by atoms with Crippen molar-refractivity contribution in [1.82, 2.24) is 40.3 Å². The van der Waals surface area contributed by atoms with Crippen LogP contribution >= 0.6 is 22.7 Å². The Morgan fingerprint density at radius 1 is 0.727 bits per heavy atom. The molecule has 0 saturated carbocycles. The van der Waals surface area contributed by atoms with Crippen molar-refractivity contribution in [2.75, 3.05) is 0 Å². The van der Waals surface area contributed by atoms with Crippen LogP contribution in [0, 0.1) is 13.8 Å². The van der Waals surface area contributed by atoms with Gasteiger partial charge in [-0.2, -0.15) is 10.2 Å². The summed E-state index contributed by atoms with van der Waals surface area (Å²) in [6, 6.07) is 3.82. The number of aromatic amines is 4. The lowest BCUT2D eigenvalue weighted by Gasteiger charge is -1.90. The van der Waals surface area contributed by atoms with Crippen LogP contribution in [0.15, 0.2) is 46.8 Å². The van der Waals surface area contributed by atoms with Gasteiger partial charge < -0.3 is 15.4 Å². The van der Waals surface area contributed by atoms with Gasteiger partial charge in [0.1, 0.15) is 9.40 Å². The Morgan fingerprint density at radius 2 is 1.15 bits per heavy atom. The van der Waals surface area contributed by atoms with Crippen molar-refractivity contribution in [2.24, 2.45) is 0 Å². The zero-order chi connectivity index (χ0) is 22.2. The molecule has 6 N–H and O–H groups in total. The second-order valence-corrected chi connectivity index (χ2v) is 9.04. The van der Waals surface area contributed by atoms with Gasteiger partial charge in [0.25, 0.3) is 11.1 Å². The average Bonchev–Trinajstić information content (AvgIpc) is 3.54. The molecular formula is C20H18N8O3S2. The van der Waals surface area contributed by atoms with E-state index < -0.39 is 0 Å². The van der Waals surface area contributed by atoms with Crippen LogP contribution in [0.25, 0.3) is 41.3 Å². The van der Waals surface area contributed by atoms with Crippen molar-refractivity contribution in [3.8, 4) is 20.9 Å². The molecule has 33 heavy (non-hydrogen) atoms. The van der Waals surface area contributed by atoms with Crippen LogP contribution in [-0.4, -0.2) is 45.8 Å². The van der Waals surface area contributed by atoms with Gasteiger partial charge in [-0.15, -0.1) is 22.7 Å². The van der Waals surface area contributed by atoms with Crippen LogP contribution in [-0.2, 0) is 0 Å². The summed E-state index contributed by atoms with van der Waals surface area (Å²) >= 11 is 2.86. The molecule has 13 heteroatoms. The summed E-state index contributed by atoms with van der Waals surface area (Å²) in [6.07, 6.45) is 6.36. The minimum absolute atomic E-state index is 0. The summed E-state index contributed by atoms with van der Waals surface area (Å²) in [7, 11) is 0. The first kappa shape index (κ1) is 22.3. The summed E-state index contributed by atoms with van der Waals surface area (Å²) in [5.41, 5.74) is 5.27. The van der Waals surface area contributed by atoms with E-state index in [-0.39, 0.29) is 16.6 Å². The summed E-state index contributed by atoms with van der Waals surface area (Å²) < 4.78 is 1.30. The molecule has 6 aromatic heterocycles. The number of nitrogens with zero attached hydrogens (tertiary/aromatic N) is 4. The fourth-order valence-corrected chi connectivity index (χ4v) is 5.34. The number of rotatable bonds is 2. The lowest BCUT2D eigenvalue weighted by molar-refractivity contribution is 0.824. The Labute approximate surface area is 192 Å². The first-order valence-electron chi connectivity index (χ1n) is 9.46. The van der Waals surface area contributed by atoms with Crippen molar-refractivity contribution in [1.29, 1.82) is 0 Å². The lowest BCUT2D eigenvalue weighted by atomic mass is 10.2. The molecule has 0 aliphatic rings. The number of nitrogens with one attached hydrogen (secondary N) is 4. The first-order valence-corrected chi connectivity index (χ1v) is 11.1. The molecule has 0 aromatic carbocycles. The van der Waals surface area contributed by atoms with Gasteiger partial charge >= 0.3 is 0 Å². The molecular weight excluding hydrogens is 464 g/mol. The zero-order valence-corrected chi connectivity index (χ0v) is 19.0. The summed E-state index contributed by atoms with van der Waals surface area (Å²) in [6.45, 7) is 3.90. The first-order chi connectivity index (χ1) is 15.5. The highest BCUT2D eigenvalue weighted by atomic mass is 32.1.